The molecule has 134 valence electrons. The molecule has 3 N–H and O–H groups in total. The number of hydrogen-bond donors (Lipinski definition) is 3. The molecule has 8 heteroatoms. The van der Waals surface area contributed by atoms with Crippen LogP contribution in [0.4, 0.5) is 10.2 Å². The van der Waals surface area contributed by atoms with Crippen LogP contribution in [0.15, 0.2) is 22.7 Å². The lowest BCUT2D eigenvalue weighted by atomic mass is 9.98. The molecule has 2 heterocycles. The SMILES string of the molecule is COc1cc(-c2onc(NCC3CCNCC3)c2C(=O)O)ccc1F. The van der Waals surface area contributed by atoms with Crippen LogP contribution in [0.2, 0.25) is 0 Å². The average Bonchev–Trinajstić information content (AvgIpc) is 3.05. The molecule has 1 aliphatic heterocycles. The number of rotatable bonds is 6. The molecule has 25 heavy (non-hydrogen) atoms. The Morgan fingerprint density at radius 1 is 1.48 bits per heavy atom. The zero-order valence-electron chi connectivity index (χ0n) is 13.8. The van der Waals surface area contributed by atoms with Crippen LogP contribution in [0.1, 0.15) is 23.2 Å². The molecule has 0 atom stereocenters. The Balaban J connectivity index is 1.85. The van der Waals surface area contributed by atoms with E-state index in [9.17, 15) is 14.3 Å². The number of halogens is 1. The second-order valence-corrected chi connectivity index (χ2v) is 5.96. The third-order valence-electron chi connectivity index (χ3n) is 4.34. The van der Waals surface area contributed by atoms with Gasteiger partial charge in [0.25, 0.3) is 0 Å². The van der Waals surface area contributed by atoms with E-state index in [2.05, 4.69) is 15.8 Å². The average molecular weight is 349 g/mol. The fourth-order valence-electron chi connectivity index (χ4n) is 2.93. The first-order chi connectivity index (χ1) is 12.1. The number of benzene rings is 1. The number of aromatic carboxylic acids is 1. The Morgan fingerprint density at radius 3 is 2.92 bits per heavy atom. The van der Waals surface area contributed by atoms with Gasteiger partial charge in [-0.15, -0.1) is 0 Å². The van der Waals surface area contributed by atoms with Crippen LogP contribution in [-0.4, -0.2) is 43.0 Å². The number of nitrogens with one attached hydrogen (secondary N) is 2. The van der Waals surface area contributed by atoms with Crippen LogP contribution < -0.4 is 15.4 Å². The van der Waals surface area contributed by atoms with Crippen molar-refractivity contribution >= 4 is 11.8 Å². The maximum absolute atomic E-state index is 13.6. The first kappa shape index (κ1) is 17.2. The summed E-state index contributed by atoms with van der Waals surface area (Å²) in [6, 6.07) is 4.02. The molecule has 2 aromatic rings. The Morgan fingerprint density at radius 2 is 2.24 bits per heavy atom. The monoisotopic (exact) mass is 349 g/mol. The van der Waals surface area contributed by atoms with Crippen molar-refractivity contribution in [2.75, 3.05) is 32.1 Å². The van der Waals surface area contributed by atoms with Gasteiger partial charge in [-0.2, -0.15) is 0 Å². The minimum Gasteiger partial charge on any atom is -0.494 e. The standard InChI is InChI=1S/C17H20FN3O4/c1-24-13-8-11(2-3-12(13)18)15-14(17(22)23)16(21-25-15)20-9-10-4-6-19-7-5-10/h2-3,8,10,19H,4-7,9H2,1H3,(H,20,21)(H,22,23). The molecule has 0 unspecified atom stereocenters. The topological polar surface area (TPSA) is 96.6 Å². The predicted octanol–water partition coefficient (Wildman–Crippen LogP) is 2.60. The largest absolute Gasteiger partial charge is 0.494 e. The molecule has 1 fully saturated rings. The highest BCUT2D eigenvalue weighted by atomic mass is 19.1. The van der Waals surface area contributed by atoms with Gasteiger partial charge in [0.1, 0.15) is 0 Å². The van der Waals surface area contributed by atoms with E-state index in [-0.39, 0.29) is 22.9 Å². The number of carboxylic acids is 1. The number of methoxy groups -OCH3 is 1. The number of aromatic nitrogens is 1. The predicted molar refractivity (Wildman–Crippen MR) is 89.5 cm³/mol. The van der Waals surface area contributed by atoms with Gasteiger partial charge in [0.15, 0.2) is 28.7 Å². The molecule has 0 saturated carbocycles. The number of hydrogen-bond acceptors (Lipinski definition) is 6. The highest BCUT2D eigenvalue weighted by Gasteiger charge is 2.25. The van der Waals surface area contributed by atoms with Gasteiger partial charge in [0.05, 0.1) is 7.11 Å². The number of carbonyl (C=O) groups is 1. The van der Waals surface area contributed by atoms with Crippen molar-refractivity contribution in [2.45, 2.75) is 12.8 Å². The van der Waals surface area contributed by atoms with Gasteiger partial charge in [-0.25, -0.2) is 9.18 Å². The fourth-order valence-corrected chi connectivity index (χ4v) is 2.93. The third kappa shape index (κ3) is 3.74. The summed E-state index contributed by atoms with van der Waals surface area (Å²) < 4.78 is 23.7. The fraction of sp³-hybridized carbons (Fsp3) is 0.412. The van der Waals surface area contributed by atoms with Crippen molar-refractivity contribution in [2.24, 2.45) is 5.92 Å². The lowest BCUT2D eigenvalue weighted by molar-refractivity contribution is 0.0698. The molecule has 3 rings (SSSR count). The van der Waals surface area contributed by atoms with Crippen LogP contribution >= 0.6 is 0 Å². The van der Waals surface area contributed by atoms with Gasteiger partial charge in [-0.1, -0.05) is 5.16 Å². The summed E-state index contributed by atoms with van der Waals surface area (Å²) in [5.74, 6) is -0.981. The second-order valence-electron chi connectivity index (χ2n) is 5.96. The van der Waals surface area contributed by atoms with Gasteiger partial charge in [-0.05, 0) is 50.0 Å². The van der Waals surface area contributed by atoms with Crippen LogP contribution in [0.3, 0.4) is 0 Å². The highest BCUT2D eigenvalue weighted by molar-refractivity contribution is 5.99. The van der Waals surface area contributed by atoms with Crippen molar-refractivity contribution in [3.8, 4) is 17.1 Å². The van der Waals surface area contributed by atoms with Crippen molar-refractivity contribution in [3.05, 3.63) is 29.6 Å². The second kappa shape index (κ2) is 7.52. The molecule has 1 aliphatic rings. The molecule has 1 aromatic carbocycles. The number of nitrogens with zero attached hydrogens (tertiary/aromatic N) is 1. The Labute approximate surface area is 144 Å². The van der Waals surface area contributed by atoms with Crippen molar-refractivity contribution < 1.29 is 23.6 Å². The number of carboxylic acid groups (broad SMARTS) is 1. The molecular formula is C17H20FN3O4. The summed E-state index contributed by atoms with van der Waals surface area (Å²) in [7, 11) is 1.34. The van der Waals surface area contributed by atoms with Crippen molar-refractivity contribution in [3.63, 3.8) is 0 Å². The molecule has 1 aromatic heterocycles. The minimum atomic E-state index is -1.16. The molecule has 0 spiro atoms. The van der Waals surface area contributed by atoms with E-state index in [0.717, 1.165) is 25.9 Å². The zero-order chi connectivity index (χ0) is 17.8. The van der Waals surface area contributed by atoms with E-state index in [1.54, 1.807) is 0 Å². The normalized spacial score (nSPS) is 15.1. The van der Waals surface area contributed by atoms with Crippen LogP contribution in [0.5, 0.6) is 5.75 Å². The summed E-state index contributed by atoms with van der Waals surface area (Å²) >= 11 is 0. The van der Waals surface area contributed by atoms with E-state index in [1.165, 1.54) is 25.3 Å². The van der Waals surface area contributed by atoms with Gasteiger partial charge in [0, 0.05) is 12.1 Å². The van der Waals surface area contributed by atoms with Gasteiger partial charge in [-0.3, -0.25) is 0 Å². The number of piperidine rings is 1. The van der Waals surface area contributed by atoms with Crippen molar-refractivity contribution in [1.82, 2.24) is 10.5 Å². The molecule has 0 aliphatic carbocycles. The summed E-state index contributed by atoms with van der Waals surface area (Å²) in [6.07, 6.45) is 2.05. The van der Waals surface area contributed by atoms with Gasteiger partial charge < -0.3 is 25.0 Å². The van der Waals surface area contributed by atoms with Crippen LogP contribution in [0.25, 0.3) is 11.3 Å². The lowest BCUT2D eigenvalue weighted by Crippen LogP contribution is -2.31. The maximum Gasteiger partial charge on any atom is 0.343 e. The summed E-state index contributed by atoms with van der Waals surface area (Å²) in [6.45, 7) is 2.54. The maximum atomic E-state index is 13.6. The number of anilines is 1. The van der Waals surface area contributed by atoms with Gasteiger partial charge >= 0.3 is 5.97 Å². The molecule has 7 nitrogen and oxygen atoms in total. The van der Waals surface area contributed by atoms with Crippen molar-refractivity contribution in [1.29, 1.82) is 0 Å². The highest BCUT2D eigenvalue weighted by Crippen LogP contribution is 2.32. The molecule has 0 bridgehead atoms. The summed E-state index contributed by atoms with van der Waals surface area (Å²) in [4.78, 5) is 11.7. The van der Waals surface area contributed by atoms with E-state index >= 15 is 0 Å². The van der Waals surface area contributed by atoms with Crippen LogP contribution in [-0.2, 0) is 0 Å². The van der Waals surface area contributed by atoms with E-state index in [4.69, 9.17) is 9.26 Å². The van der Waals surface area contributed by atoms with E-state index < -0.39 is 11.8 Å². The quantitative estimate of drug-likeness (QED) is 0.737. The lowest BCUT2D eigenvalue weighted by Gasteiger charge is -2.22. The smallest absolute Gasteiger partial charge is 0.343 e. The zero-order valence-corrected chi connectivity index (χ0v) is 13.8. The first-order valence-electron chi connectivity index (χ1n) is 8.11. The minimum absolute atomic E-state index is 0.00875. The van der Waals surface area contributed by atoms with Crippen LogP contribution in [0, 0.1) is 11.7 Å². The number of ether oxygens (including phenoxy) is 1. The molecule has 1 saturated heterocycles. The first-order valence-corrected chi connectivity index (χ1v) is 8.11. The molecule has 0 radical (unpaired) electrons. The van der Waals surface area contributed by atoms with Gasteiger partial charge in [0.2, 0.25) is 0 Å². The Kier molecular flexibility index (Phi) is 5.18. The Hall–Kier alpha value is -2.61. The summed E-state index contributed by atoms with van der Waals surface area (Å²) in [5, 5.41) is 19.8. The van der Waals surface area contributed by atoms with E-state index in [1.807, 2.05) is 0 Å². The van der Waals surface area contributed by atoms with E-state index in [0.29, 0.717) is 18.0 Å². The summed E-state index contributed by atoms with van der Waals surface area (Å²) in [5.41, 5.74) is 0.320. The third-order valence-corrected chi connectivity index (χ3v) is 4.34. The molecular weight excluding hydrogens is 329 g/mol. The molecule has 0 amide bonds. The Bertz CT molecular complexity index is 756.